The first kappa shape index (κ1) is 15.0. The second kappa shape index (κ2) is 4.55. The van der Waals surface area contributed by atoms with Crippen LogP contribution in [-0.4, -0.2) is 16.3 Å². The quantitative estimate of drug-likeness (QED) is 0.476. The minimum absolute atomic E-state index is 0.494. The Labute approximate surface area is 101 Å². The number of rotatable bonds is 2. The minimum atomic E-state index is -5.45. The maximum Gasteiger partial charge on any atom is 0.574 e. The second-order valence-electron chi connectivity index (χ2n) is 3.27. The van der Waals surface area contributed by atoms with Crippen molar-refractivity contribution in [1.29, 1.82) is 0 Å². The summed E-state index contributed by atoms with van der Waals surface area (Å²) < 4.78 is 76.8. The number of hydrogen-bond donors (Lipinski definition) is 0. The van der Waals surface area contributed by atoms with E-state index in [1.54, 1.807) is 0 Å². The van der Waals surface area contributed by atoms with Gasteiger partial charge in [0.25, 0.3) is 5.69 Å². The number of ether oxygens (including phenoxy) is 1. The first-order valence-electron chi connectivity index (χ1n) is 4.40. The Morgan fingerprint density at radius 3 is 2.16 bits per heavy atom. The fraction of sp³-hybridized carbons (Fsp3) is 0.375. The van der Waals surface area contributed by atoms with Crippen LogP contribution in [0, 0.1) is 17.0 Å². The van der Waals surface area contributed by atoms with Gasteiger partial charge in [-0.3, -0.25) is 10.1 Å². The molecule has 1 aromatic rings. The molecule has 0 N–H and O–H groups in total. The van der Waals surface area contributed by atoms with Crippen molar-refractivity contribution < 1.29 is 36.0 Å². The second-order valence-corrected chi connectivity index (χ2v) is 3.27. The SMILES string of the molecule is Cc1cnc(OC(F)(F)F)c(C(F)(F)F)c1[N+](=O)[O-]. The zero-order valence-corrected chi connectivity index (χ0v) is 8.96. The summed E-state index contributed by atoms with van der Waals surface area (Å²) in [7, 11) is 0. The van der Waals surface area contributed by atoms with Crippen molar-refractivity contribution in [2.45, 2.75) is 19.5 Å². The molecule has 11 heteroatoms. The predicted molar refractivity (Wildman–Crippen MR) is 47.3 cm³/mol. The zero-order valence-electron chi connectivity index (χ0n) is 8.96. The number of aryl methyl sites for hydroxylation is 1. The van der Waals surface area contributed by atoms with E-state index in [4.69, 9.17) is 0 Å². The van der Waals surface area contributed by atoms with E-state index in [1.165, 1.54) is 0 Å². The van der Waals surface area contributed by atoms with Crippen molar-refractivity contribution in [3.63, 3.8) is 0 Å². The molecular formula is C8H4F6N2O3. The van der Waals surface area contributed by atoms with Crippen LogP contribution in [0.25, 0.3) is 0 Å². The number of halogens is 6. The highest BCUT2D eigenvalue weighted by Crippen LogP contribution is 2.43. The summed E-state index contributed by atoms with van der Waals surface area (Å²) in [5, 5.41) is 10.5. The van der Waals surface area contributed by atoms with E-state index in [0.29, 0.717) is 6.20 Å². The molecule has 0 spiro atoms. The molecule has 0 amide bonds. The third kappa shape index (κ3) is 3.45. The van der Waals surface area contributed by atoms with Gasteiger partial charge in [-0.15, -0.1) is 13.2 Å². The molecule has 1 heterocycles. The highest BCUT2D eigenvalue weighted by molar-refractivity contribution is 5.52. The minimum Gasteiger partial charge on any atom is -0.387 e. The summed E-state index contributed by atoms with van der Waals surface area (Å²) in [6, 6.07) is 0. The third-order valence-corrected chi connectivity index (χ3v) is 1.88. The Morgan fingerprint density at radius 1 is 1.26 bits per heavy atom. The van der Waals surface area contributed by atoms with Crippen LogP contribution >= 0.6 is 0 Å². The van der Waals surface area contributed by atoms with Gasteiger partial charge in [-0.2, -0.15) is 13.2 Å². The number of alkyl halides is 6. The van der Waals surface area contributed by atoms with Crippen LogP contribution < -0.4 is 4.74 Å². The van der Waals surface area contributed by atoms with Gasteiger partial charge in [0.05, 0.1) is 4.92 Å². The summed E-state index contributed by atoms with van der Waals surface area (Å²) in [5.74, 6) is -1.91. The van der Waals surface area contributed by atoms with E-state index in [2.05, 4.69) is 9.72 Å². The van der Waals surface area contributed by atoms with E-state index in [9.17, 15) is 36.5 Å². The molecule has 0 unspecified atom stereocenters. The summed E-state index contributed by atoms with van der Waals surface area (Å²) in [4.78, 5) is 11.9. The van der Waals surface area contributed by atoms with Gasteiger partial charge >= 0.3 is 12.5 Å². The van der Waals surface area contributed by atoms with Crippen LogP contribution in [0.5, 0.6) is 5.88 Å². The van der Waals surface area contributed by atoms with Crippen molar-refractivity contribution in [3.8, 4) is 5.88 Å². The lowest BCUT2D eigenvalue weighted by atomic mass is 10.1. The van der Waals surface area contributed by atoms with E-state index in [-0.39, 0.29) is 0 Å². The monoisotopic (exact) mass is 290 g/mol. The highest BCUT2D eigenvalue weighted by atomic mass is 19.4. The standard InChI is InChI=1S/C8H4F6N2O3/c1-3-2-15-6(19-8(12,13)14)4(7(9,10)11)5(3)16(17)18/h2H,1H3. The Bertz CT molecular complexity index is 510. The van der Waals surface area contributed by atoms with Gasteiger partial charge in [0.2, 0.25) is 5.88 Å². The smallest absolute Gasteiger partial charge is 0.387 e. The predicted octanol–water partition coefficient (Wildman–Crippen LogP) is 3.22. The molecule has 1 rings (SSSR count). The summed E-state index contributed by atoms with van der Waals surface area (Å²) in [6.07, 6.45) is -10.4. The van der Waals surface area contributed by atoms with Crippen LogP contribution in [0.2, 0.25) is 0 Å². The van der Waals surface area contributed by atoms with Crippen molar-refractivity contribution in [2.24, 2.45) is 0 Å². The molecule has 0 saturated heterocycles. The molecule has 5 nitrogen and oxygen atoms in total. The lowest BCUT2D eigenvalue weighted by molar-refractivity contribution is -0.389. The molecule has 106 valence electrons. The van der Waals surface area contributed by atoms with Gasteiger partial charge in [-0.1, -0.05) is 0 Å². The lowest BCUT2D eigenvalue weighted by Crippen LogP contribution is -2.22. The van der Waals surface area contributed by atoms with E-state index in [1.807, 2.05) is 0 Å². The molecular weight excluding hydrogens is 286 g/mol. The molecule has 0 bridgehead atoms. The number of hydrogen-bond acceptors (Lipinski definition) is 4. The molecule has 0 aliphatic heterocycles. The van der Waals surface area contributed by atoms with Crippen LogP contribution in [-0.2, 0) is 6.18 Å². The third-order valence-electron chi connectivity index (χ3n) is 1.88. The molecule has 0 radical (unpaired) electrons. The van der Waals surface area contributed by atoms with Crippen molar-refractivity contribution in [3.05, 3.63) is 27.4 Å². The highest BCUT2D eigenvalue weighted by Gasteiger charge is 2.46. The molecule has 1 aromatic heterocycles. The average molecular weight is 290 g/mol. The number of nitro groups is 1. The van der Waals surface area contributed by atoms with Gasteiger partial charge < -0.3 is 4.74 Å². The van der Waals surface area contributed by atoms with E-state index >= 15 is 0 Å². The van der Waals surface area contributed by atoms with Gasteiger partial charge in [0.1, 0.15) is 0 Å². The molecule has 0 aromatic carbocycles. The summed E-state index contributed by atoms with van der Waals surface area (Å²) >= 11 is 0. The van der Waals surface area contributed by atoms with Crippen molar-refractivity contribution >= 4 is 5.69 Å². The Morgan fingerprint density at radius 2 is 1.79 bits per heavy atom. The Kier molecular flexibility index (Phi) is 3.59. The van der Waals surface area contributed by atoms with Crippen LogP contribution in [0.15, 0.2) is 6.20 Å². The first-order valence-corrected chi connectivity index (χ1v) is 4.40. The molecule has 0 atom stereocenters. The van der Waals surface area contributed by atoms with Crippen molar-refractivity contribution in [2.75, 3.05) is 0 Å². The van der Waals surface area contributed by atoms with Crippen LogP contribution in [0.4, 0.5) is 32.0 Å². The van der Waals surface area contributed by atoms with Crippen LogP contribution in [0.1, 0.15) is 11.1 Å². The van der Waals surface area contributed by atoms with E-state index in [0.717, 1.165) is 6.92 Å². The Balaban J connectivity index is 3.57. The normalized spacial score (nSPS) is 12.4. The average Bonchev–Trinajstić information content (AvgIpc) is 2.15. The van der Waals surface area contributed by atoms with Crippen LogP contribution in [0.3, 0.4) is 0 Å². The fourth-order valence-electron chi connectivity index (χ4n) is 1.26. The maximum absolute atomic E-state index is 12.6. The molecule has 0 aliphatic rings. The van der Waals surface area contributed by atoms with Crippen molar-refractivity contribution in [1.82, 2.24) is 4.98 Å². The molecule has 19 heavy (non-hydrogen) atoms. The topological polar surface area (TPSA) is 65.3 Å². The summed E-state index contributed by atoms with van der Waals surface area (Å²) in [5.41, 5.74) is -4.23. The van der Waals surface area contributed by atoms with Gasteiger partial charge in [-0.25, -0.2) is 4.98 Å². The first-order chi connectivity index (χ1) is 8.43. The number of aromatic nitrogens is 1. The fourth-order valence-corrected chi connectivity index (χ4v) is 1.26. The number of pyridine rings is 1. The molecule has 0 saturated carbocycles. The van der Waals surface area contributed by atoms with Gasteiger partial charge in [0, 0.05) is 11.8 Å². The lowest BCUT2D eigenvalue weighted by Gasteiger charge is -2.14. The van der Waals surface area contributed by atoms with Gasteiger partial charge in [-0.05, 0) is 6.92 Å². The molecule has 0 aliphatic carbocycles. The largest absolute Gasteiger partial charge is 0.574 e. The Hall–Kier alpha value is -2.07. The zero-order chi connectivity index (χ0) is 15.0. The summed E-state index contributed by atoms with van der Waals surface area (Å²) in [6.45, 7) is 0.914. The van der Waals surface area contributed by atoms with E-state index < -0.39 is 40.2 Å². The van der Waals surface area contributed by atoms with Gasteiger partial charge in [0.15, 0.2) is 5.56 Å². The number of nitrogens with zero attached hydrogens (tertiary/aromatic N) is 2. The maximum atomic E-state index is 12.6. The molecule has 0 fully saturated rings.